The van der Waals surface area contributed by atoms with E-state index >= 15 is 0 Å². The molecule has 0 saturated heterocycles. The van der Waals surface area contributed by atoms with Gasteiger partial charge in [-0.15, -0.1) is 0 Å². The van der Waals surface area contributed by atoms with Crippen LogP contribution in [0.2, 0.25) is 0 Å². The van der Waals surface area contributed by atoms with Crippen LogP contribution in [0, 0.1) is 94.2 Å². The van der Waals surface area contributed by atoms with E-state index in [0.29, 0.717) is 0 Å². The van der Waals surface area contributed by atoms with Crippen molar-refractivity contribution in [2.24, 2.45) is 23.2 Å². The fraction of sp³-hybridized carbons (Fsp3) is 0.111. The Balaban J connectivity index is 0.826. The summed E-state index contributed by atoms with van der Waals surface area (Å²) in [6, 6.07) is 51.5. The van der Waals surface area contributed by atoms with E-state index in [-0.39, 0.29) is 17.8 Å². The molecule has 0 aromatic heterocycles. The van der Waals surface area contributed by atoms with Gasteiger partial charge in [-0.1, -0.05) is 107 Å². The van der Waals surface area contributed by atoms with Crippen LogP contribution in [0.15, 0.2) is 158 Å². The number of benzene rings is 6. The van der Waals surface area contributed by atoms with Crippen molar-refractivity contribution in [1.82, 2.24) is 0 Å². The Hall–Kier alpha value is -7.40. The second-order valence-electron chi connectivity index (χ2n) is 14.3. The Morgan fingerprint density at radius 1 is 0.339 bits per heavy atom. The third-order valence-corrected chi connectivity index (χ3v) is 10.7. The van der Waals surface area contributed by atoms with Gasteiger partial charge in [0.15, 0.2) is 0 Å². The van der Waals surface area contributed by atoms with Gasteiger partial charge in [-0.2, -0.15) is 0 Å². The summed E-state index contributed by atoms with van der Waals surface area (Å²) in [7, 11) is 0. The summed E-state index contributed by atoms with van der Waals surface area (Å²) in [5.74, 6) is 38.6. The minimum absolute atomic E-state index is 0.0888. The molecule has 3 saturated carbocycles. The molecule has 9 rings (SSSR count). The SMILES string of the molecule is OC1C2C1(O)C1[C@@H](C#Cc3ccc(C#Cc4ccc(C#Cc5ccccc5)cc4)cc3)C21C#Cc1ccc(C#Cc2ccc(C#Cc3ccccc3)cc2)cc1. The van der Waals surface area contributed by atoms with Gasteiger partial charge in [0.2, 0.25) is 0 Å². The van der Waals surface area contributed by atoms with Crippen molar-refractivity contribution >= 4 is 0 Å². The van der Waals surface area contributed by atoms with Crippen LogP contribution >= 0.6 is 0 Å². The molecule has 6 aromatic rings. The van der Waals surface area contributed by atoms with Gasteiger partial charge in [0.1, 0.15) is 5.60 Å². The predicted octanol–water partition coefficient (Wildman–Crippen LogP) is 7.66. The quantitative estimate of drug-likeness (QED) is 0.159. The molecule has 0 radical (unpaired) electrons. The molecular weight excluding hydrogens is 681 g/mol. The number of aliphatic hydroxyl groups excluding tert-OH is 1. The van der Waals surface area contributed by atoms with E-state index in [0.717, 1.165) is 55.6 Å². The largest absolute Gasteiger partial charge is 0.390 e. The minimum atomic E-state index is -1.06. The Morgan fingerprint density at radius 2 is 0.625 bits per heavy atom. The number of aliphatic hydroxyl groups is 2. The first kappa shape index (κ1) is 34.4. The molecule has 56 heavy (non-hydrogen) atoms. The lowest BCUT2D eigenvalue weighted by molar-refractivity contribution is 0.0194. The van der Waals surface area contributed by atoms with Gasteiger partial charge in [-0.05, 0) is 121 Å². The first-order valence-corrected chi connectivity index (χ1v) is 18.5. The lowest BCUT2D eigenvalue weighted by Crippen LogP contribution is -2.33. The highest BCUT2D eigenvalue weighted by molar-refractivity contribution is 5.60. The Kier molecular flexibility index (Phi) is 8.86. The van der Waals surface area contributed by atoms with E-state index in [2.05, 4.69) is 71.0 Å². The van der Waals surface area contributed by atoms with Crippen molar-refractivity contribution < 1.29 is 10.2 Å². The topological polar surface area (TPSA) is 40.5 Å². The highest BCUT2D eigenvalue weighted by Gasteiger charge is 3.00. The van der Waals surface area contributed by atoms with Crippen molar-refractivity contribution in [1.29, 1.82) is 0 Å². The van der Waals surface area contributed by atoms with Crippen LogP contribution in [0.5, 0.6) is 0 Å². The maximum absolute atomic E-state index is 11.0. The molecule has 5 unspecified atom stereocenters. The minimum Gasteiger partial charge on any atom is -0.390 e. The molecule has 6 aromatic carbocycles. The Labute approximate surface area is 328 Å². The van der Waals surface area contributed by atoms with E-state index in [9.17, 15) is 10.2 Å². The van der Waals surface area contributed by atoms with Gasteiger partial charge in [-0.3, -0.25) is 0 Å². The van der Waals surface area contributed by atoms with Crippen molar-refractivity contribution in [3.05, 3.63) is 213 Å². The van der Waals surface area contributed by atoms with Crippen LogP contribution in [0.25, 0.3) is 0 Å². The van der Waals surface area contributed by atoms with Crippen molar-refractivity contribution in [3.8, 4) is 71.0 Å². The molecular formula is C54H32O2. The molecule has 0 bridgehead atoms. The highest BCUT2D eigenvalue weighted by atomic mass is 16.4. The average Bonchev–Trinajstić information content (AvgIpc) is 4.03. The van der Waals surface area contributed by atoms with Gasteiger partial charge in [0, 0.05) is 73.4 Å². The average molecular weight is 713 g/mol. The molecule has 2 heteroatoms. The van der Waals surface area contributed by atoms with Crippen molar-refractivity contribution in [3.63, 3.8) is 0 Å². The zero-order chi connectivity index (χ0) is 38.0. The molecule has 3 aliphatic carbocycles. The molecule has 3 aliphatic rings. The second kappa shape index (κ2) is 14.4. The summed E-state index contributed by atoms with van der Waals surface area (Å²) in [6.45, 7) is 0. The van der Waals surface area contributed by atoms with Gasteiger partial charge >= 0.3 is 0 Å². The highest BCUT2D eigenvalue weighted by Crippen LogP contribution is 2.89. The van der Waals surface area contributed by atoms with E-state index in [1.807, 2.05) is 158 Å². The molecule has 0 amide bonds. The van der Waals surface area contributed by atoms with Crippen LogP contribution < -0.4 is 0 Å². The molecule has 2 N–H and O–H groups in total. The van der Waals surface area contributed by atoms with Crippen molar-refractivity contribution in [2.45, 2.75) is 11.7 Å². The van der Waals surface area contributed by atoms with E-state index in [1.54, 1.807) is 0 Å². The first-order chi connectivity index (χ1) is 27.5. The van der Waals surface area contributed by atoms with Crippen LogP contribution in [0.4, 0.5) is 0 Å². The van der Waals surface area contributed by atoms with Crippen LogP contribution in [0.3, 0.4) is 0 Å². The maximum Gasteiger partial charge on any atom is 0.103 e. The zero-order valence-corrected chi connectivity index (χ0v) is 30.2. The molecule has 3 fully saturated rings. The fourth-order valence-electron chi connectivity index (χ4n) is 7.69. The zero-order valence-electron chi connectivity index (χ0n) is 30.2. The molecule has 0 spiro atoms. The van der Waals surface area contributed by atoms with Gasteiger partial charge in [-0.25, -0.2) is 0 Å². The lowest BCUT2D eigenvalue weighted by Gasteiger charge is -2.23. The van der Waals surface area contributed by atoms with Gasteiger partial charge in [0.25, 0.3) is 0 Å². The number of rotatable bonds is 0. The lowest BCUT2D eigenvalue weighted by atomic mass is 9.82. The molecule has 260 valence electrons. The van der Waals surface area contributed by atoms with Crippen LogP contribution in [0.1, 0.15) is 55.6 Å². The summed E-state index contributed by atoms with van der Waals surface area (Å²) in [4.78, 5) is 0. The predicted molar refractivity (Wildman–Crippen MR) is 220 cm³/mol. The molecule has 2 nitrogen and oxygen atoms in total. The van der Waals surface area contributed by atoms with Crippen LogP contribution in [-0.2, 0) is 0 Å². The van der Waals surface area contributed by atoms with Crippen LogP contribution in [-0.4, -0.2) is 21.9 Å². The number of hydrogen-bond donors (Lipinski definition) is 2. The monoisotopic (exact) mass is 712 g/mol. The third kappa shape index (κ3) is 6.77. The van der Waals surface area contributed by atoms with E-state index in [4.69, 9.17) is 0 Å². The van der Waals surface area contributed by atoms with Crippen molar-refractivity contribution in [2.75, 3.05) is 0 Å². The van der Waals surface area contributed by atoms with Gasteiger partial charge in [0.05, 0.1) is 11.5 Å². The maximum atomic E-state index is 11.0. The van der Waals surface area contributed by atoms with E-state index in [1.165, 1.54) is 0 Å². The summed E-state index contributed by atoms with van der Waals surface area (Å²) in [5, 5.41) is 21.5. The third-order valence-electron chi connectivity index (χ3n) is 10.7. The summed E-state index contributed by atoms with van der Waals surface area (Å²) in [5.41, 5.74) is 7.66. The normalized spacial score (nSPS) is 22.5. The molecule has 6 atom stereocenters. The molecule has 0 heterocycles. The summed E-state index contributed by atoms with van der Waals surface area (Å²) >= 11 is 0. The Bertz CT molecular complexity index is 2840. The molecule has 0 aliphatic heterocycles. The van der Waals surface area contributed by atoms with Gasteiger partial charge < -0.3 is 10.2 Å². The number of hydrogen-bond acceptors (Lipinski definition) is 2. The second-order valence-corrected chi connectivity index (χ2v) is 14.3. The Morgan fingerprint density at radius 3 is 0.964 bits per heavy atom. The smallest absolute Gasteiger partial charge is 0.103 e. The standard InChI is InChI=1S/C54H32O2/c55-52-51-53(38-37-48-33-31-46(32-34-48)26-25-44-21-17-42(18-22-44)14-12-40-9-5-2-6-10-40)49(50(53)54(51,52)56)36-35-47-29-27-45(28-30-47)24-23-43-19-15-41(16-20-43)13-11-39-7-3-1-4-8-39/h1-10,15-22,27-34,49-52,55-56H/t49-,50?,51?,52?,53?,54?/m1/s1. The number of fused-ring (bicyclic) bond motifs is 4. The summed E-state index contributed by atoms with van der Waals surface area (Å²) in [6.07, 6.45) is -0.737. The fourth-order valence-corrected chi connectivity index (χ4v) is 7.69. The summed E-state index contributed by atoms with van der Waals surface area (Å²) < 4.78 is 0. The first-order valence-electron chi connectivity index (χ1n) is 18.5. The van der Waals surface area contributed by atoms with E-state index < -0.39 is 17.1 Å².